The molecule has 1 aromatic heterocycles. The molecule has 1 heterocycles. The van der Waals surface area contributed by atoms with E-state index in [0.29, 0.717) is 5.88 Å². The average Bonchev–Trinajstić information content (AvgIpc) is 2.74. The SMILES string of the molecule is CN(C)c1nc(-c2ccccc2)c(CCl)[nH]1. The van der Waals surface area contributed by atoms with Gasteiger partial charge in [0.2, 0.25) is 5.95 Å². The summed E-state index contributed by atoms with van der Waals surface area (Å²) < 4.78 is 0. The highest BCUT2D eigenvalue weighted by molar-refractivity contribution is 6.17. The topological polar surface area (TPSA) is 31.9 Å². The zero-order chi connectivity index (χ0) is 11.5. The maximum Gasteiger partial charge on any atom is 0.203 e. The second kappa shape index (κ2) is 4.58. The van der Waals surface area contributed by atoms with Crippen LogP contribution in [0, 0.1) is 0 Å². The van der Waals surface area contributed by atoms with Gasteiger partial charge in [-0.25, -0.2) is 4.98 Å². The fourth-order valence-corrected chi connectivity index (χ4v) is 1.73. The van der Waals surface area contributed by atoms with Gasteiger partial charge in [0.1, 0.15) is 0 Å². The maximum absolute atomic E-state index is 5.91. The molecule has 0 radical (unpaired) electrons. The van der Waals surface area contributed by atoms with Gasteiger partial charge < -0.3 is 9.88 Å². The number of H-pyrrole nitrogens is 1. The molecular formula is C12H14ClN3. The summed E-state index contributed by atoms with van der Waals surface area (Å²) >= 11 is 5.91. The van der Waals surface area contributed by atoms with Crippen molar-refractivity contribution in [2.24, 2.45) is 0 Å². The first-order chi connectivity index (χ1) is 7.72. The van der Waals surface area contributed by atoms with E-state index in [9.17, 15) is 0 Å². The lowest BCUT2D eigenvalue weighted by atomic mass is 10.1. The van der Waals surface area contributed by atoms with Crippen LogP contribution in [-0.4, -0.2) is 24.1 Å². The van der Waals surface area contributed by atoms with E-state index in [-0.39, 0.29) is 0 Å². The van der Waals surface area contributed by atoms with Gasteiger partial charge in [0.25, 0.3) is 0 Å². The Labute approximate surface area is 100 Å². The van der Waals surface area contributed by atoms with Crippen LogP contribution >= 0.6 is 11.6 Å². The molecule has 0 saturated carbocycles. The molecule has 0 atom stereocenters. The number of alkyl halides is 1. The summed E-state index contributed by atoms with van der Waals surface area (Å²) in [6, 6.07) is 10.1. The smallest absolute Gasteiger partial charge is 0.203 e. The summed E-state index contributed by atoms with van der Waals surface area (Å²) in [5, 5.41) is 0. The highest BCUT2D eigenvalue weighted by atomic mass is 35.5. The lowest BCUT2D eigenvalue weighted by Crippen LogP contribution is -2.10. The van der Waals surface area contributed by atoms with Gasteiger partial charge in [0.15, 0.2) is 0 Å². The number of hydrogen-bond donors (Lipinski definition) is 1. The third-order valence-electron chi connectivity index (χ3n) is 2.37. The number of nitrogens with one attached hydrogen (secondary N) is 1. The number of nitrogens with zero attached hydrogens (tertiary/aromatic N) is 2. The number of benzene rings is 1. The number of aromatic nitrogens is 2. The summed E-state index contributed by atoms with van der Waals surface area (Å²) in [5.74, 6) is 1.26. The Hall–Kier alpha value is -1.48. The minimum atomic E-state index is 0.436. The molecule has 84 valence electrons. The molecule has 0 amide bonds. The molecule has 0 unspecified atom stereocenters. The molecule has 1 N–H and O–H groups in total. The maximum atomic E-state index is 5.91. The zero-order valence-corrected chi connectivity index (χ0v) is 10.1. The molecular weight excluding hydrogens is 222 g/mol. The fraction of sp³-hybridized carbons (Fsp3) is 0.250. The highest BCUT2D eigenvalue weighted by Crippen LogP contribution is 2.25. The van der Waals surface area contributed by atoms with E-state index in [4.69, 9.17) is 11.6 Å². The van der Waals surface area contributed by atoms with E-state index in [2.05, 4.69) is 9.97 Å². The molecule has 0 bridgehead atoms. The quantitative estimate of drug-likeness (QED) is 0.830. The van der Waals surface area contributed by atoms with Gasteiger partial charge in [-0.05, 0) is 0 Å². The molecule has 3 nitrogen and oxygen atoms in total. The molecule has 2 rings (SSSR count). The van der Waals surface area contributed by atoms with Gasteiger partial charge in [0, 0.05) is 19.7 Å². The van der Waals surface area contributed by atoms with Gasteiger partial charge >= 0.3 is 0 Å². The van der Waals surface area contributed by atoms with Crippen LogP contribution in [0.1, 0.15) is 5.69 Å². The van der Waals surface area contributed by atoms with Gasteiger partial charge in [-0.1, -0.05) is 30.3 Å². The first-order valence-electron chi connectivity index (χ1n) is 5.10. The van der Waals surface area contributed by atoms with Crippen molar-refractivity contribution in [1.82, 2.24) is 9.97 Å². The normalized spacial score (nSPS) is 10.4. The van der Waals surface area contributed by atoms with Crippen LogP contribution in [0.3, 0.4) is 0 Å². The minimum absolute atomic E-state index is 0.436. The van der Waals surface area contributed by atoms with Crippen LogP contribution in [0.5, 0.6) is 0 Å². The molecule has 0 fully saturated rings. The van der Waals surface area contributed by atoms with Crippen molar-refractivity contribution in [3.8, 4) is 11.3 Å². The van der Waals surface area contributed by atoms with Crippen LogP contribution in [0.15, 0.2) is 30.3 Å². The zero-order valence-electron chi connectivity index (χ0n) is 9.37. The number of rotatable bonds is 3. The molecule has 0 saturated heterocycles. The van der Waals surface area contributed by atoms with Crippen molar-refractivity contribution >= 4 is 17.5 Å². The van der Waals surface area contributed by atoms with Crippen molar-refractivity contribution in [3.05, 3.63) is 36.0 Å². The molecule has 1 aromatic carbocycles. The molecule has 16 heavy (non-hydrogen) atoms. The number of anilines is 1. The minimum Gasteiger partial charge on any atom is -0.349 e. The first-order valence-corrected chi connectivity index (χ1v) is 5.63. The number of aromatic amines is 1. The van der Waals surface area contributed by atoms with E-state index < -0.39 is 0 Å². The van der Waals surface area contributed by atoms with Crippen molar-refractivity contribution in [1.29, 1.82) is 0 Å². The van der Waals surface area contributed by atoms with Crippen molar-refractivity contribution in [2.45, 2.75) is 5.88 Å². The molecule has 2 aromatic rings. The largest absolute Gasteiger partial charge is 0.349 e. The first kappa shape index (κ1) is 11.0. The molecule has 0 aliphatic rings. The molecule has 0 aliphatic carbocycles. The molecule has 0 spiro atoms. The number of hydrogen-bond acceptors (Lipinski definition) is 2. The van der Waals surface area contributed by atoms with Gasteiger partial charge in [0.05, 0.1) is 17.3 Å². The summed E-state index contributed by atoms with van der Waals surface area (Å²) in [6.45, 7) is 0. The van der Waals surface area contributed by atoms with Crippen LogP contribution in [-0.2, 0) is 5.88 Å². The highest BCUT2D eigenvalue weighted by Gasteiger charge is 2.11. The fourth-order valence-electron chi connectivity index (χ4n) is 1.54. The van der Waals surface area contributed by atoms with Crippen LogP contribution in [0.25, 0.3) is 11.3 Å². The third kappa shape index (κ3) is 2.04. The second-order valence-electron chi connectivity index (χ2n) is 3.78. The average molecular weight is 236 g/mol. The Morgan fingerprint density at radius 3 is 2.50 bits per heavy atom. The standard InChI is InChI=1S/C12H14ClN3/c1-16(2)12-14-10(8-13)11(15-12)9-6-4-3-5-7-9/h3-7H,8H2,1-2H3,(H,14,15). The van der Waals surface area contributed by atoms with E-state index in [0.717, 1.165) is 22.9 Å². The summed E-state index contributed by atoms with van der Waals surface area (Å²) in [5.41, 5.74) is 2.97. The second-order valence-corrected chi connectivity index (χ2v) is 4.05. The van der Waals surface area contributed by atoms with Gasteiger partial charge in [-0.2, -0.15) is 0 Å². The lowest BCUT2D eigenvalue weighted by Gasteiger charge is -2.05. The Morgan fingerprint density at radius 1 is 1.25 bits per heavy atom. The van der Waals surface area contributed by atoms with Gasteiger partial charge in [-0.3, -0.25) is 0 Å². The van der Waals surface area contributed by atoms with Gasteiger partial charge in [-0.15, -0.1) is 11.6 Å². The van der Waals surface area contributed by atoms with E-state index in [1.807, 2.05) is 49.3 Å². The van der Waals surface area contributed by atoms with E-state index in [1.165, 1.54) is 0 Å². The van der Waals surface area contributed by atoms with Crippen molar-refractivity contribution in [3.63, 3.8) is 0 Å². The summed E-state index contributed by atoms with van der Waals surface area (Å²) in [4.78, 5) is 9.68. The molecule has 4 heteroatoms. The Kier molecular flexibility index (Phi) is 3.15. The Morgan fingerprint density at radius 2 is 1.94 bits per heavy atom. The van der Waals surface area contributed by atoms with Crippen molar-refractivity contribution in [2.75, 3.05) is 19.0 Å². The molecule has 0 aliphatic heterocycles. The van der Waals surface area contributed by atoms with Crippen LogP contribution in [0.2, 0.25) is 0 Å². The van der Waals surface area contributed by atoms with Crippen molar-refractivity contribution < 1.29 is 0 Å². The lowest BCUT2D eigenvalue weighted by molar-refractivity contribution is 1.03. The predicted octanol–water partition coefficient (Wildman–Crippen LogP) is 2.88. The third-order valence-corrected chi connectivity index (χ3v) is 2.64. The Balaban J connectivity index is 2.48. The predicted molar refractivity (Wildman–Crippen MR) is 67.9 cm³/mol. The monoisotopic (exact) mass is 235 g/mol. The summed E-state index contributed by atoms with van der Waals surface area (Å²) in [6.07, 6.45) is 0. The number of halogens is 1. The number of imidazole rings is 1. The van der Waals surface area contributed by atoms with E-state index in [1.54, 1.807) is 0 Å². The van der Waals surface area contributed by atoms with Crippen LogP contribution in [0.4, 0.5) is 5.95 Å². The summed E-state index contributed by atoms with van der Waals surface area (Å²) in [7, 11) is 3.90. The Bertz CT molecular complexity index is 462. The van der Waals surface area contributed by atoms with E-state index >= 15 is 0 Å². The van der Waals surface area contributed by atoms with Crippen LogP contribution < -0.4 is 4.90 Å².